The van der Waals surface area contributed by atoms with Crippen molar-refractivity contribution < 1.29 is 9.53 Å². The maximum atomic E-state index is 12.6. The number of rotatable bonds is 5. The van der Waals surface area contributed by atoms with Gasteiger partial charge in [0, 0.05) is 37.6 Å². The lowest BCUT2D eigenvalue weighted by molar-refractivity contribution is -0.123. The van der Waals surface area contributed by atoms with Gasteiger partial charge in [-0.25, -0.2) is 15.0 Å². The van der Waals surface area contributed by atoms with E-state index >= 15 is 0 Å². The van der Waals surface area contributed by atoms with E-state index in [2.05, 4.69) is 25.2 Å². The molecule has 1 aliphatic heterocycles. The fourth-order valence-corrected chi connectivity index (χ4v) is 4.24. The Hall–Kier alpha value is -2.06. The van der Waals surface area contributed by atoms with Crippen molar-refractivity contribution in [2.45, 2.75) is 44.2 Å². The molecule has 26 heavy (non-hydrogen) atoms. The Kier molecular flexibility index (Phi) is 5.12. The van der Waals surface area contributed by atoms with Crippen LogP contribution in [0.2, 0.25) is 0 Å². The molecule has 140 valence electrons. The molecule has 0 unspecified atom stereocenters. The van der Waals surface area contributed by atoms with Crippen LogP contribution < -0.4 is 5.32 Å². The second-order valence-electron chi connectivity index (χ2n) is 7.24. The molecular weight excluding hydrogens is 332 g/mol. The van der Waals surface area contributed by atoms with E-state index in [1.54, 1.807) is 23.3 Å². The lowest BCUT2D eigenvalue weighted by Gasteiger charge is -2.48. The summed E-state index contributed by atoms with van der Waals surface area (Å²) in [4.78, 5) is 27.7. The zero-order valence-corrected chi connectivity index (χ0v) is 15.1. The molecule has 2 aromatic rings. The number of aromatic nitrogens is 4. The highest BCUT2D eigenvalue weighted by molar-refractivity contribution is 5.77. The van der Waals surface area contributed by atoms with Gasteiger partial charge in [-0.3, -0.25) is 9.69 Å². The van der Waals surface area contributed by atoms with E-state index in [1.807, 2.05) is 0 Å². The lowest BCUT2D eigenvalue weighted by Crippen LogP contribution is -2.59. The molecule has 0 aromatic carbocycles. The van der Waals surface area contributed by atoms with Crippen LogP contribution in [0.4, 0.5) is 0 Å². The summed E-state index contributed by atoms with van der Waals surface area (Å²) in [6.45, 7) is 4.40. The maximum absolute atomic E-state index is 12.6. The smallest absolute Gasteiger partial charge is 0.240 e. The molecule has 0 radical (unpaired) electrons. The van der Waals surface area contributed by atoms with E-state index in [1.165, 1.54) is 19.3 Å². The standard InChI is InChI=1S/C18H26N6O2/c25-15(12-23-14-22-16-17(23)20-7-6-19-16)21-13-18(4-2-1-3-5-18)24-8-10-26-11-9-24/h6-7,14H,1-5,8-13H2,(H,21,25). The summed E-state index contributed by atoms with van der Waals surface area (Å²) in [5, 5.41) is 3.18. The van der Waals surface area contributed by atoms with Crippen molar-refractivity contribution in [3.8, 4) is 0 Å². The predicted octanol–water partition coefficient (Wildman–Crippen LogP) is 0.978. The number of carbonyl (C=O) groups is 1. The molecule has 1 saturated carbocycles. The Balaban J connectivity index is 1.41. The average molecular weight is 358 g/mol. The van der Waals surface area contributed by atoms with Gasteiger partial charge >= 0.3 is 0 Å². The monoisotopic (exact) mass is 358 g/mol. The molecule has 2 fully saturated rings. The van der Waals surface area contributed by atoms with Gasteiger partial charge in [-0.15, -0.1) is 0 Å². The highest BCUT2D eigenvalue weighted by Crippen LogP contribution is 2.33. The molecule has 1 saturated heterocycles. The van der Waals surface area contributed by atoms with Crippen molar-refractivity contribution in [2.24, 2.45) is 0 Å². The van der Waals surface area contributed by atoms with Crippen molar-refractivity contribution in [2.75, 3.05) is 32.8 Å². The summed E-state index contributed by atoms with van der Waals surface area (Å²) in [5.41, 5.74) is 1.29. The fraction of sp³-hybridized carbons (Fsp3) is 0.667. The summed E-state index contributed by atoms with van der Waals surface area (Å²) in [6, 6.07) is 0. The molecule has 8 nitrogen and oxygen atoms in total. The first kappa shape index (κ1) is 17.4. The molecule has 1 N–H and O–H groups in total. The molecule has 0 bridgehead atoms. The van der Waals surface area contributed by atoms with Gasteiger partial charge in [0.25, 0.3) is 0 Å². The van der Waals surface area contributed by atoms with Crippen LogP contribution in [0.15, 0.2) is 18.7 Å². The van der Waals surface area contributed by atoms with Gasteiger partial charge in [0.1, 0.15) is 6.54 Å². The van der Waals surface area contributed by atoms with Crippen molar-refractivity contribution >= 4 is 17.2 Å². The molecule has 2 aromatic heterocycles. The number of hydrogen-bond acceptors (Lipinski definition) is 6. The van der Waals surface area contributed by atoms with Gasteiger partial charge in [-0.1, -0.05) is 19.3 Å². The van der Waals surface area contributed by atoms with Crippen LogP contribution >= 0.6 is 0 Å². The van der Waals surface area contributed by atoms with Crippen LogP contribution in [0.5, 0.6) is 0 Å². The summed E-state index contributed by atoms with van der Waals surface area (Å²) >= 11 is 0. The van der Waals surface area contributed by atoms with Crippen LogP contribution in [0, 0.1) is 0 Å². The molecule has 2 aliphatic rings. The summed E-state index contributed by atoms with van der Waals surface area (Å²) < 4.78 is 7.27. The normalized spacial score (nSPS) is 20.9. The van der Waals surface area contributed by atoms with Crippen LogP contribution in [0.3, 0.4) is 0 Å². The van der Waals surface area contributed by atoms with Crippen LogP contribution in [-0.4, -0.2) is 68.7 Å². The van der Waals surface area contributed by atoms with E-state index in [9.17, 15) is 4.79 Å². The third-order valence-corrected chi connectivity index (χ3v) is 5.65. The van der Waals surface area contributed by atoms with Crippen molar-refractivity contribution in [1.82, 2.24) is 29.7 Å². The van der Waals surface area contributed by atoms with Crippen molar-refractivity contribution in [1.29, 1.82) is 0 Å². The molecule has 1 aliphatic carbocycles. The number of imidazole rings is 1. The number of amides is 1. The van der Waals surface area contributed by atoms with Crippen LogP contribution in [-0.2, 0) is 16.1 Å². The van der Waals surface area contributed by atoms with E-state index < -0.39 is 0 Å². The molecule has 8 heteroatoms. The minimum Gasteiger partial charge on any atom is -0.379 e. The zero-order chi connectivity index (χ0) is 17.8. The van der Waals surface area contributed by atoms with Crippen molar-refractivity contribution in [3.63, 3.8) is 0 Å². The van der Waals surface area contributed by atoms with Gasteiger partial charge in [0.2, 0.25) is 5.91 Å². The van der Waals surface area contributed by atoms with E-state index in [0.717, 1.165) is 39.1 Å². The molecule has 1 amide bonds. The predicted molar refractivity (Wildman–Crippen MR) is 96.5 cm³/mol. The molecule has 3 heterocycles. The topological polar surface area (TPSA) is 85.2 Å². The first-order valence-corrected chi connectivity index (χ1v) is 9.48. The Labute approximate surface area is 153 Å². The average Bonchev–Trinajstić information content (AvgIpc) is 3.11. The SMILES string of the molecule is O=C(Cn1cnc2nccnc21)NCC1(N2CCOCC2)CCCCC1. The Morgan fingerprint density at radius 3 is 2.69 bits per heavy atom. The number of nitrogens with zero attached hydrogens (tertiary/aromatic N) is 5. The molecule has 0 atom stereocenters. The highest BCUT2D eigenvalue weighted by Gasteiger charge is 2.38. The number of hydrogen-bond donors (Lipinski definition) is 1. The number of carbonyl (C=O) groups excluding carboxylic acids is 1. The van der Waals surface area contributed by atoms with Gasteiger partial charge in [-0.2, -0.15) is 0 Å². The molecule has 0 spiro atoms. The summed E-state index contributed by atoms with van der Waals surface area (Å²) in [5.74, 6) is -0.00633. The zero-order valence-electron chi connectivity index (χ0n) is 15.1. The van der Waals surface area contributed by atoms with Gasteiger partial charge < -0.3 is 14.6 Å². The number of ether oxygens (including phenoxy) is 1. The highest BCUT2D eigenvalue weighted by atomic mass is 16.5. The van der Waals surface area contributed by atoms with Crippen molar-refractivity contribution in [3.05, 3.63) is 18.7 Å². The number of nitrogens with one attached hydrogen (secondary N) is 1. The van der Waals surface area contributed by atoms with E-state index in [-0.39, 0.29) is 18.0 Å². The second kappa shape index (κ2) is 7.67. The largest absolute Gasteiger partial charge is 0.379 e. The number of fused-ring (bicyclic) bond motifs is 1. The summed E-state index contributed by atoms with van der Waals surface area (Å²) in [7, 11) is 0. The quantitative estimate of drug-likeness (QED) is 0.858. The fourth-order valence-electron chi connectivity index (χ4n) is 4.24. The number of morpholine rings is 1. The van der Waals surface area contributed by atoms with Crippen LogP contribution in [0.1, 0.15) is 32.1 Å². The molecule has 4 rings (SSSR count). The van der Waals surface area contributed by atoms with E-state index in [4.69, 9.17) is 4.74 Å². The second-order valence-corrected chi connectivity index (χ2v) is 7.24. The van der Waals surface area contributed by atoms with Gasteiger partial charge in [0.15, 0.2) is 11.3 Å². The Morgan fingerprint density at radius 2 is 1.88 bits per heavy atom. The lowest BCUT2D eigenvalue weighted by atomic mass is 9.79. The molecular formula is C18H26N6O2. The van der Waals surface area contributed by atoms with Crippen LogP contribution in [0.25, 0.3) is 11.3 Å². The summed E-state index contributed by atoms with van der Waals surface area (Å²) in [6.07, 6.45) is 10.9. The van der Waals surface area contributed by atoms with Gasteiger partial charge in [0.05, 0.1) is 19.5 Å². The first-order valence-electron chi connectivity index (χ1n) is 9.48. The first-order chi connectivity index (χ1) is 12.8. The minimum absolute atomic E-state index is 0.00633. The Morgan fingerprint density at radius 1 is 1.12 bits per heavy atom. The van der Waals surface area contributed by atoms with Gasteiger partial charge in [-0.05, 0) is 12.8 Å². The minimum atomic E-state index is -0.00633. The van der Waals surface area contributed by atoms with E-state index in [0.29, 0.717) is 17.8 Å². The third-order valence-electron chi connectivity index (χ3n) is 5.65. The maximum Gasteiger partial charge on any atom is 0.240 e. The third kappa shape index (κ3) is 3.57. The Bertz CT molecular complexity index is 749.